The van der Waals surface area contributed by atoms with Gasteiger partial charge < -0.3 is 0 Å². The van der Waals surface area contributed by atoms with Crippen LogP contribution in [0.15, 0.2) is 0 Å². The van der Waals surface area contributed by atoms with E-state index in [2.05, 4.69) is 13.6 Å². The summed E-state index contributed by atoms with van der Waals surface area (Å²) in [5.74, 6) is 0. The zero-order valence-electron chi connectivity index (χ0n) is 13.3. The third-order valence-corrected chi connectivity index (χ3v) is 6.82. The van der Waals surface area contributed by atoms with Gasteiger partial charge in [0, 0.05) is 18.1 Å². The molecule has 17 heteroatoms. The van der Waals surface area contributed by atoms with Gasteiger partial charge in [0.1, 0.15) is 0 Å². The lowest BCUT2D eigenvalue weighted by Gasteiger charge is -2.18. The van der Waals surface area contributed by atoms with E-state index >= 15 is 0 Å². The van der Waals surface area contributed by atoms with Gasteiger partial charge in [-0.1, -0.05) is 0 Å². The maximum Gasteiger partial charge on any atom is 0.616 e. The van der Waals surface area contributed by atoms with Crippen LogP contribution < -0.4 is 0 Å². The van der Waals surface area contributed by atoms with Crippen molar-refractivity contribution in [3.05, 3.63) is 0 Å². The van der Waals surface area contributed by atoms with E-state index in [0.717, 1.165) is 0 Å². The quantitative estimate of drug-likeness (QED) is 0.0977. The van der Waals surface area contributed by atoms with Gasteiger partial charge in [-0.15, -0.1) is 0 Å². The molecule has 0 saturated carbocycles. The summed E-state index contributed by atoms with van der Waals surface area (Å²) in [5.41, 5.74) is 0. The summed E-state index contributed by atoms with van der Waals surface area (Å²) in [6.07, 6.45) is -1.67. The molecule has 0 aromatic heterocycles. The molecule has 0 aliphatic carbocycles. The van der Waals surface area contributed by atoms with Gasteiger partial charge in [-0.3, -0.25) is 13.6 Å². The Labute approximate surface area is 148 Å². The number of phosphoric ester groups is 1. The SMILES string of the molecule is O=P(OCCC[Si](F)(F)F)(OCCC[Si](F)(F)F)OCCC[Si](F)(F)F. The molecule has 0 bridgehead atoms. The molecule has 0 aliphatic rings. The molecule has 0 unspecified atom stereocenters. The Morgan fingerprint density at radius 1 is 0.538 bits per heavy atom. The maximum absolute atomic E-state index is 12.1. The van der Waals surface area contributed by atoms with Crippen molar-refractivity contribution < 1.29 is 55.1 Å². The number of phosphoric acid groups is 1. The standard InChI is InChI=1S/C9H18F9O4PSi3/c10-24(11,12)7-1-4-20-23(19,21-5-2-8-25(13,14)15)22-6-3-9-26(16,17)18/h1-9H2. The highest BCUT2D eigenvalue weighted by Crippen LogP contribution is 2.50. The summed E-state index contributed by atoms with van der Waals surface area (Å²) in [5, 5.41) is 0. The topological polar surface area (TPSA) is 44.8 Å². The highest BCUT2D eigenvalue weighted by atomic mass is 31.2. The van der Waals surface area contributed by atoms with Crippen LogP contribution in [0.3, 0.4) is 0 Å². The zero-order valence-corrected chi connectivity index (χ0v) is 17.2. The summed E-state index contributed by atoms with van der Waals surface area (Å²) >= 11 is 0. The van der Waals surface area contributed by atoms with Crippen LogP contribution in [0.25, 0.3) is 0 Å². The van der Waals surface area contributed by atoms with Crippen molar-refractivity contribution in [2.75, 3.05) is 19.8 Å². The summed E-state index contributed by atoms with van der Waals surface area (Å²) in [6, 6.07) is -3.40. The van der Waals surface area contributed by atoms with Gasteiger partial charge in [0.2, 0.25) is 0 Å². The second-order valence-corrected chi connectivity index (χ2v) is 12.0. The molecule has 0 saturated heterocycles. The molecule has 0 aromatic carbocycles. The molecule has 0 heterocycles. The van der Waals surface area contributed by atoms with Gasteiger partial charge in [0.25, 0.3) is 0 Å². The van der Waals surface area contributed by atoms with Crippen LogP contribution in [0.2, 0.25) is 18.1 Å². The van der Waals surface area contributed by atoms with Crippen molar-refractivity contribution in [2.45, 2.75) is 37.4 Å². The van der Waals surface area contributed by atoms with Crippen molar-refractivity contribution in [3.8, 4) is 0 Å². The number of rotatable bonds is 15. The van der Waals surface area contributed by atoms with Gasteiger partial charge in [0.15, 0.2) is 0 Å². The largest absolute Gasteiger partial charge is 0.616 e. The van der Waals surface area contributed by atoms with Crippen LogP contribution in [-0.2, 0) is 18.1 Å². The van der Waals surface area contributed by atoms with Crippen molar-refractivity contribution >= 4 is 35.0 Å². The third kappa shape index (κ3) is 17.5. The van der Waals surface area contributed by atoms with E-state index < -0.39 is 92.3 Å². The van der Waals surface area contributed by atoms with Crippen molar-refractivity contribution in [1.82, 2.24) is 0 Å². The first-order valence-corrected chi connectivity index (χ1v) is 14.3. The Morgan fingerprint density at radius 3 is 0.962 bits per heavy atom. The van der Waals surface area contributed by atoms with Crippen molar-refractivity contribution in [1.29, 1.82) is 0 Å². The van der Waals surface area contributed by atoms with E-state index in [0.29, 0.717) is 0 Å². The third-order valence-electron chi connectivity index (χ3n) is 2.56. The average Bonchev–Trinajstić information content (AvgIpc) is 2.42. The number of halogens is 9. The molecule has 0 atom stereocenters. The van der Waals surface area contributed by atoms with E-state index in [1.165, 1.54) is 0 Å². The molecule has 0 rings (SSSR count). The highest BCUT2D eigenvalue weighted by molar-refractivity contribution is 7.48. The Hall–Kier alpha value is 0.131. The van der Waals surface area contributed by atoms with Crippen LogP contribution >= 0.6 is 7.82 Å². The molecule has 0 fully saturated rings. The fourth-order valence-corrected chi connectivity index (χ4v) is 4.38. The lowest BCUT2D eigenvalue weighted by Crippen LogP contribution is -2.16. The Bertz CT molecular complexity index is 382. The van der Waals surface area contributed by atoms with E-state index in [-0.39, 0.29) is 0 Å². The summed E-state index contributed by atoms with van der Waals surface area (Å²) in [4.78, 5) is 0. The second kappa shape index (κ2) is 11.2. The molecule has 0 N–H and O–H groups in total. The van der Waals surface area contributed by atoms with E-state index in [1.54, 1.807) is 0 Å². The minimum Gasteiger partial charge on any atom is -0.287 e. The molecule has 26 heavy (non-hydrogen) atoms. The Morgan fingerprint density at radius 2 is 0.769 bits per heavy atom. The number of hydrogen-bond acceptors (Lipinski definition) is 4. The summed E-state index contributed by atoms with van der Waals surface area (Å²) in [7, 11) is -22.1. The lowest BCUT2D eigenvalue weighted by atomic mass is 10.5. The monoisotopic (exact) mass is 476 g/mol. The normalized spacial score (nSPS) is 14.0. The van der Waals surface area contributed by atoms with Gasteiger partial charge in [0.05, 0.1) is 19.8 Å². The first-order valence-electron chi connectivity index (χ1n) is 7.36. The highest BCUT2D eigenvalue weighted by Gasteiger charge is 2.38. The van der Waals surface area contributed by atoms with Crippen LogP contribution in [0, 0.1) is 0 Å². The van der Waals surface area contributed by atoms with Crippen LogP contribution in [0.4, 0.5) is 37.0 Å². The fourth-order valence-electron chi connectivity index (χ4n) is 1.46. The minimum absolute atomic E-state index is 0.558. The predicted octanol–water partition coefficient (Wildman–Crippen LogP) is 5.86. The van der Waals surface area contributed by atoms with Gasteiger partial charge in [-0.05, 0) is 19.3 Å². The van der Waals surface area contributed by atoms with Gasteiger partial charge in [-0.25, -0.2) is 41.5 Å². The minimum atomic E-state index is -5.85. The Kier molecular flexibility index (Phi) is 11.3. The van der Waals surface area contributed by atoms with Crippen molar-refractivity contribution in [2.24, 2.45) is 0 Å². The van der Waals surface area contributed by atoms with Crippen LogP contribution in [0.1, 0.15) is 19.3 Å². The second-order valence-electron chi connectivity index (χ2n) is 5.10. The van der Waals surface area contributed by atoms with E-state index in [4.69, 9.17) is 0 Å². The summed E-state index contributed by atoms with van der Waals surface area (Å²) in [6.45, 7) is -2.11. The molecule has 0 spiro atoms. The van der Waals surface area contributed by atoms with Crippen LogP contribution in [0.5, 0.6) is 0 Å². The van der Waals surface area contributed by atoms with E-state index in [1.807, 2.05) is 0 Å². The van der Waals surface area contributed by atoms with E-state index in [9.17, 15) is 41.5 Å². The molecular formula is C9H18F9O4PSi3. The molecule has 0 aromatic rings. The average molecular weight is 476 g/mol. The first kappa shape index (κ1) is 26.1. The van der Waals surface area contributed by atoms with Crippen molar-refractivity contribution in [3.63, 3.8) is 0 Å². The van der Waals surface area contributed by atoms with Gasteiger partial charge >= 0.3 is 35.0 Å². The maximum atomic E-state index is 12.1. The molecule has 0 amide bonds. The smallest absolute Gasteiger partial charge is 0.287 e. The summed E-state index contributed by atoms with van der Waals surface area (Å²) < 4.78 is 135. The Balaban J connectivity index is 4.42. The molecule has 0 aliphatic heterocycles. The first-order chi connectivity index (χ1) is 11.6. The number of hydrogen-bond donors (Lipinski definition) is 0. The molecule has 4 nitrogen and oxygen atoms in total. The zero-order chi connectivity index (χ0) is 20.5. The lowest BCUT2D eigenvalue weighted by molar-refractivity contribution is 0.111. The predicted molar refractivity (Wildman–Crippen MR) is 81.0 cm³/mol. The molecule has 158 valence electrons. The van der Waals surface area contributed by atoms with Gasteiger partial charge in [-0.2, -0.15) is 0 Å². The van der Waals surface area contributed by atoms with Crippen LogP contribution in [-0.4, -0.2) is 47.0 Å². The molecular weight excluding hydrogens is 458 g/mol. The molecule has 0 radical (unpaired) electrons. The fraction of sp³-hybridized carbons (Fsp3) is 1.00.